The monoisotopic (exact) mass is 280 g/mol. The van der Waals surface area contributed by atoms with Crippen molar-refractivity contribution in [2.75, 3.05) is 0 Å². The minimum absolute atomic E-state index is 0.334. The molecule has 0 saturated carbocycles. The number of aryl methyl sites for hydroxylation is 1. The van der Waals surface area contributed by atoms with E-state index in [4.69, 9.17) is 0 Å². The lowest BCUT2D eigenvalue weighted by Crippen LogP contribution is -2.16. The summed E-state index contributed by atoms with van der Waals surface area (Å²) >= 11 is 0. The predicted octanol–water partition coefficient (Wildman–Crippen LogP) is 7.41. The molecule has 0 heterocycles. The normalized spacial score (nSPS) is 9.10. The summed E-state index contributed by atoms with van der Waals surface area (Å²) in [4.78, 5) is 0. The van der Waals surface area contributed by atoms with E-state index in [1.165, 1.54) is 24.0 Å². The van der Waals surface area contributed by atoms with Crippen LogP contribution in [0.2, 0.25) is 0 Å². The largest absolute Gasteiger partial charge is 0.0683 e. The van der Waals surface area contributed by atoms with Crippen LogP contribution in [0.25, 0.3) is 0 Å². The first-order chi connectivity index (χ1) is 9.60. The van der Waals surface area contributed by atoms with Crippen LogP contribution in [0.3, 0.4) is 0 Å². The molecule has 0 aromatic heterocycles. The van der Waals surface area contributed by atoms with Gasteiger partial charge in [0.1, 0.15) is 0 Å². The summed E-state index contributed by atoms with van der Waals surface area (Å²) in [7, 11) is 0. The first-order valence-electron chi connectivity index (χ1n) is 8.69. The van der Waals surface area contributed by atoms with E-state index in [0.29, 0.717) is 5.41 Å². The van der Waals surface area contributed by atoms with Gasteiger partial charge in [-0.1, -0.05) is 99.9 Å². The molecule has 0 amide bonds. The Balaban J connectivity index is -0.000000425. The molecule has 0 fully saturated rings. The molecular formula is C20H40. The fraction of sp³-hybridized carbons (Fsp3) is 0.700. The van der Waals surface area contributed by atoms with Gasteiger partial charge in [0.2, 0.25) is 0 Å². The lowest BCUT2D eigenvalue weighted by molar-refractivity contribution is 0.473. The van der Waals surface area contributed by atoms with Crippen LogP contribution in [0.15, 0.2) is 24.3 Å². The van der Waals surface area contributed by atoms with Crippen LogP contribution in [-0.4, -0.2) is 0 Å². The second-order valence-electron chi connectivity index (χ2n) is 4.68. The minimum atomic E-state index is 0.334. The number of hydrogen-bond acceptors (Lipinski definition) is 0. The van der Waals surface area contributed by atoms with Crippen LogP contribution >= 0.6 is 0 Å². The molecule has 0 spiro atoms. The van der Waals surface area contributed by atoms with Crippen molar-refractivity contribution in [2.45, 2.75) is 93.9 Å². The predicted molar refractivity (Wildman–Crippen MR) is 97.8 cm³/mol. The summed E-state index contributed by atoms with van der Waals surface area (Å²) in [5.74, 6) is 0. The zero-order valence-electron chi connectivity index (χ0n) is 15.9. The van der Waals surface area contributed by atoms with Gasteiger partial charge in [0.15, 0.2) is 0 Å². The Hall–Kier alpha value is -0.780. The fourth-order valence-electron chi connectivity index (χ4n) is 1.96. The molecule has 0 radical (unpaired) electrons. The van der Waals surface area contributed by atoms with Gasteiger partial charge in [-0.05, 0) is 29.4 Å². The SMILES string of the molecule is CC.CC.CC.CCCC(C)(C)c1ccc(CC)cc1. The van der Waals surface area contributed by atoms with Crippen molar-refractivity contribution in [1.29, 1.82) is 0 Å². The van der Waals surface area contributed by atoms with Crippen LogP contribution < -0.4 is 0 Å². The molecule has 1 rings (SSSR count). The van der Waals surface area contributed by atoms with E-state index in [1.54, 1.807) is 0 Å². The first kappa shape index (κ1) is 24.3. The van der Waals surface area contributed by atoms with Crippen molar-refractivity contribution >= 4 is 0 Å². The van der Waals surface area contributed by atoms with E-state index in [1.807, 2.05) is 41.5 Å². The highest BCUT2D eigenvalue weighted by atomic mass is 14.2. The topological polar surface area (TPSA) is 0 Å². The summed E-state index contributed by atoms with van der Waals surface area (Å²) in [5, 5.41) is 0. The zero-order valence-corrected chi connectivity index (χ0v) is 15.9. The maximum Gasteiger partial charge on any atom is -0.0104 e. The fourth-order valence-corrected chi connectivity index (χ4v) is 1.96. The quantitative estimate of drug-likeness (QED) is 0.538. The van der Waals surface area contributed by atoms with Gasteiger partial charge in [-0.2, -0.15) is 0 Å². The molecule has 0 bridgehead atoms. The van der Waals surface area contributed by atoms with E-state index in [9.17, 15) is 0 Å². The number of hydrogen-bond donors (Lipinski definition) is 0. The van der Waals surface area contributed by atoms with Gasteiger partial charge in [0, 0.05) is 0 Å². The van der Waals surface area contributed by atoms with E-state index >= 15 is 0 Å². The molecule has 0 unspecified atom stereocenters. The van der Waals surface area contributed by atoms with Crippen molar-refractivity contribution < 1.29 is 0 Å². The second kappa shape index (κ2) is 16.3. The van der Waals surface area contributed by atoms with Gasteiger partial charge in [0.05, 0.1) is 0 Å². The Morgan fingerprint density at radius 1 is 0.750 bits per heavy atom. The lowest BCUT2D eigenvalue weighted by Gasteiger charge is -2.24. The average molecular weight is 281 g/mol. The van der Waals surface area contributed by atoms with Crippen molar-refractivity contribution in [1.82, 2.24) is 0 Å². The molecule has 0 N–H and O–H groups in total. The standard InChI is InChI=1S/C14H22.3C2H6/c1-5-11-14(3,4)13-9-7-12(6-2)8-10-13;3*1-2/h7-10H,5-6,11H2,1-4H3;3*1-2H3. The van der Waals surface area contributed by atoms with E-state index in [0.717, 1.165) is 6.42 Å². The first-order valence-corrected chi connectivity index (χ1v) is 8.69. The van der Waals surface area contributed by atoms with Gasteiger partial charge < -0.3 is 0 Å². The zero-order chi connectivity index (χ0) is 16.6. The van der Waals surface area contributed by atoms with E-state index < -0.39 is 0 Å². The average Bonchev–Trinajstić information content (AvgIpc) is 2.53. The third kappa shape index (κ3) is 10.1. The van der Waals surface area contributed by atoms with Gasteiger partial charge >= 0.3 is 0 Å². The molecule has 0 nitrogen and oxygen atoms in total. The second-order valence-corrected chi connectivity index (χ2v) is 4.68. The Bertz CT molecular complexity index is 267. The van der Waals surface area contributed by atoms with Crippen molar-refractivity contribution in [3.05, 3.63) is 35.4 Å². The Morgan fingerprint density at radius 2 is 1.15 bits per heavy atom. The highest BCUT2D eigenvalue weighted by Crippen LogP contribution is 2.28. The molecule has 0 aliphatic carbocycles. The molecule has 0 aliphatic rings. The van der Waals surface area contributed by atoms with Crippen LogP contribution in [0.1, 0.15) is 93.2 Å². The number of rotatable bonds is 4. The van der Waals surface area contributed by atoms with Crippen molar-refractivity contribution in [3.8, 4) is 0 Å². The highest BCUT2D eigenvalue weighted by molar-refractivity contribution is 5.28. The summed E-state index contributed by atoms with van der Waals surface area (Å²) in [5.41, 5.74) is 3.23. The van der Waals surface area contributed by atoms with Gasteiger partial charge in [0.25, 0.3) is 0 Å². The molecule has 20 heavy (non-hydrogen) atoms. The molecule has 0 aliphatic heterocycles. The lowest BCUT2D eigenvalue weighted by atomic mass is 9.80. The molecule has 1 aromatic carbocycles. The number of benzene rings is 1. The Kier molecular flexibility index (Phi) is 19.7. The summed E-state index contributed by atoms with van der Waals surface area (Å²) in [6, 6.07) is 9.09. The van der Waals surface area contributed by atoms with Gasteiger partial charge in [-0.3, -0.25) is 0 Å². The molecule has 0 heteroatoms. The summed E-state index contributed by atoms with van der Waals surface area (Å²) < 4.78 is 0. The van der Waals surface area contributed by atoms with Crippen molar-refractivity contribution in [3.63, 3.8) is 0 Å². The molecule has 1 aromatic rings. The van der Waals surface area contributed by atoms with Crippen LogP contribution in [0.5, 0.6) is 0 Å². The van der Waals surface area contributed by atoms with Crippen LogP contribution in [0.4, 0.5) is 0 Å². The Labute approximate surface area is 130 Å². The summed E-state index contributed by atoms with van der Waals surface area (Å²) in [6.07, 6.45) is 3.65. The van der Waals surface area contributed by atoms with Crippen LogP contribution in [-0.2, 0) is 11.8 Å². The highest BCUT2D eigenvalue weighted by Gasteiger charge is 2.18. The van der Waals surface area contributed by atoms with Gasteiger partial charge in [-0.15, -0.1) is 0 Å². The third-order valence-electron chi connectivity index (χ3n) is 3.02. The summed E-state index contributed by atoms with van der Waals surface area (Å²) in [6.45, 7) is 21.1. The molecule has 0 atom stereocenters. The van der Waals surface area contributed by atoms with Gasteiger partial charge in [-0.25, -0.2) is 0 Å². The Morgan fingerprint density at radius 3 is 1.45 bits per heavy atom. The maximum absolute atomic E-state index is 2.33. The smallest absolute Gasteiger partial charge is 0.0104 e. The van der Waals surface area contributed by atoms with E-state index in [2.05, 4.69) is 52.0 Å². The van der Waals surface area contributed by atoms with E-state index in [-0.39, 0.29) is 0 Å². The molecular weight excluding hydrogens is 240 g/mol. The van der Waals surface area contributed by atoms with Crippen molar-refractivity contribution in [2.24, 2.45) is 0 Å². The maximum atomic E-state index is 2.33. The minimum Gasteiger partial charge on any atom is -0.0683 e. The molecule has 120 valence electrons. The van der Waals surface area contributed by atoms with Crippen LogP contribution in [0, 0.1) is 0 Å². The third-order valence-corrected chi connectivity index (χ3v) is 3.02. The molecule has 0 saturated heterocycles.